The fourth-order valence-electron chi connectivity index (χ4n) is 1.52. The third-order valence-corrected chi connectivity index (χ3v) is 3.75. The van der Waals surface area contributed by atoms with Gasteiger partial charge >= 0.3 is 0 Å². The molecule has 1 unspecified atom stereocenters. The number of halogens is 1. The van der Waals surface area contributed by atoms with E-state index in [9.17, 15) is 4.79 Å². The Kier molecular flexibility index (Phi) is 3.13. The highest BCUT2D eigenvalue weighted by Gasteiger charge is 2.33. The Morgan fingerprint density at radius 1 is 1.19 bits per heavy atom. The van der Waals surface area contributed by atoms with Gasteiger partial charge in [0, 0.05) is 0 Å². The Morgan fingerprint density at radius 2 is 1.88 bits per heavy atom. The van der Waals surface area contributed by atoms with Crippen LogP contribution in [0.15, 0.2) is 47.8 Å². The van der Waals surface area contributed by atoms with Crippen LogP contribution < -0.4 is 0 Å². The number of Topliss-reactive ketones (excluding diaryl/α,β-unsaturated/α-hetero) is 1. The molecule has 0 amide bonds. The molecular weight excluding hydrogens is 240 g/mol. The third-order valence-electron chi connectivity index (χ3n) is 2.49. The molecule has 0 bridgehead atoms. The van der Waals surface area contributed by atoms with Crippen molar-refractivity contribution in [2.24, 2.45) is 0 Å². The monoisotopic (exact) mass is 250 g/mol. The first-order valence-corrected chi connectivity index (χ1v) is 6.21. The first-order valence-electron chi connectivity index (χ1n) is 4.95. The molecule has 0 aliphatic heterocycles. The van der Waals surface area contributed by atoms with Gasteiger partial charge in [0.15, 0.2) is 5.78 Å². The number of ketones is 1. The number of hydrogen-bond donors (Lipinski definition) is 0. The molecule has 3 heteroatoms. The lowest BCUT2D eigenvalue weighted by molar-refractivity contribution is 0.0950. The summed E-state index contributed by atoms with van der Waals surface area (Å²) in [5.41, 5.74) is 0.829. The van der Waals surface area contributed by atoms with Gasteiger partial charge in [-0.05, 0) is 23.9 Å². The molecule has 0 saturated heterocycles. The van der Waals surface area contributed by atoms with Gasteiger partial charge in [-0.1, -0.05) is 36.4 Å². The largest absolute Gasteiger partial charge is 0.291 e. The quantitative estimate of drug-likeness (QED) is 0.593. The van der Waals surface area contributed by atoms with Crippen molar-refractivity contribution in [1.29, 1.82) is 0 Å². The summed E-state index contributed by atoms with van der Waals surface area (Å²) >= 11 is 7.78. The minimum Gasteiger partial charge on any atom is -0.291 e. The molecule has 1 atom stereocenters. The van der Waals surface area contributed by atoms with Crippen molar-refractivity contribution in [3.05, 3.63) is 58.3 Å². The standard InChI is InChI=1S/C13H11ClOS/c1-13(14,10-6-3-2-4-7-10)12(15)11-8-5-9-16-11/h2-9H,1H3. The van der Waals surface area contributed by atoms with Gasteiger partial charge in [0.05, 0.1) is 4.88 Å². The molecule has 0 spiro atoms. The van der Waals surface area contributed by atoms with Crippen LogP contribution in [-0.4, -0.2) is 5.78 Å². The minimum atomic E-state index is -0.980. The van der Waals surface area contributed by atoms with Crippen molar-refractivity contribution in [1.82, 2.24) is 0 Å². The maximum absolute atomic E-state index is 12.2. The molecule has 0 aliphatic carbocycles. The number of rotatable bonds is 3. The molecule has 2 rings (SSSR count). The molecule has 0 saturated carbocycles. The fourth-order valence-corrected chi connectivity index (χ4v) is 2.58. The Hall–Kier alpha value is -1.12. The van der Waals surface area contributed by atoms with Crippen LogP contribution in [0.3, 0.4) is 0 Å². The van der Waals surface area contributed by atoms with Gasteiger partial charge in [-0.2, -0.15) is 0 Å². The normalized spacial score (nSPS) is 14.4. The van der Waals surface area contributed by atoms with E-state index in [1.807, 2.05) is 41.8 Å². The van der Waals surface area contributed by atoms with Crippen molar-refractivity contribution < 1.29 is 4.79 Å². The van der Waals surface area contributed by atoms with Gasteiger partial charge in [-0.3, -0.25) is 4.79 Å². The summed E-state index contributed by atoms with van der Waals surface area (Å²) in [5, 5.41) is 1.88. The average molecular weight is 251 g/mol. The second kappa shape index (κ2) is 4.40. The number of carbonyl (C=O) groups is 1. The lowest BCUT2D eigenvalue weighted by Gasteiger charge is -2.20. The van der Waals surface area contributed by atoms with Gasteiger partial charge in [0.2, 0.25) is 0 Å². The smallest absolute Gasteiger partial charge is 0.197 e. The second-order valence-corrected chi connectivity index (χ2v) is 5.38. The SMILES string of the molecule is CC(Cl)(C(=O)c1cccs1)c1ccccc1. The van der Waals surface area contributed by atoms with Crippen LogP contribution in [0, 0.1) is 0 Å². The van der Waals surface area contributed by atoms with Gasteiger partial charge in [-0.25, -0.2) is 0 Å². The molecule has 1 heterocycles. The first kappa shape index (κ1) is 11.4. The molecular formula is C13H11ClOS. The highest BCUT2D eigenvalue weighted by molar-refractivity contribution is 7.12. The van der Waals surface area contributed by atoms with E-state index in [0.29, 0.717) is 4.88 Å². The predicted molar refractivity (Wildman–Crippen MR) is 68.3 cm³/mol. The number of thiophene rings is 1. The van der Waals surface area contributed by atoms with E-state index >= 15 is 0 Å². The predicted octanol–water partition coefficient (Wildman–Crippen LogP) is 4.09. The summed E-state index contributed by atoms with van der Waals surface area (Å²) in [6.07, 6.45) is 0. The van der Waals surface area contributed by atoms with E-state index in [1.165, 1.54) is 11.3 Å². The lowest BCUT2D eigenvalue weighted by atomic mass is 9.95. The van der Waals surface area contributed by atoms with E-state index in [1.54, 1.807) is 13.0 Å². The maximum atomic E-state index is 12.2. The lowest BCUT2D eigenvalue weighted by Crippen LogP contribution is -2.25. The third kappa shape index (κ3) is 2.04. The Morgan fingerprint density at radius 3 is 2.44 bits per heavy atom. The number of benzene rings is 1. The zero-order valence-corrected chi connectivity index (χ0v) is 10.4. The number of alkyl halides is 1. The molecule has 82 valence electrons. The minimum absolute atomic E-state index is 0.0460. The van der Waals surface area contributed by atoms with Gasteiger partial charge in [-0.15, -0.1) is 22.9 Å². The van der Waals surface area contributed by atoms with E-state index in [-0.39, 0.29) is 5.78 Å². The topological polar surface area (TPSA) is 17.1 Å². The van der Waals surface area contributed by atoms with Gasteiger partial charge < -0.3 is 0 Å². The van der Waals surface area contributed by atoms with E-state index in [2.05, 4.69) is 0 Å². The van der Waals surface area contributed by atoms with Crippen LogP contribution in [0.5, 0.6) is 0 Å². The van der Waals surface area contributed by atoms with Gasteiger partial charge in [0.25, 0.3) is 0 Å². The highest BCUT2D eigenvalue weighted by atomic mass is 35.5. The summed E-state index contributed by atoms with van der Waals surface area (Å²) in [7, 11) is 0. The highest BCUT2D eigenvalue weighted by Crippen LogP contribution is 2.33. The van der Waals surface area contributed by atoms with Crippen LogP contribution in [0.25, 0.3) is 0 Å². The van der Waals surface area contributed by atoms with Crippen molar-refractivity contribution in [3.63, 3.8) is 0 Å². The Balaban J connectivity index is 2.36. The van der Waals surface area contributed by atoms with Crippen LogP contribution >= 0.6 is 22.9 Å². The fraction of sp³-hybridized carbons (Fsp3) is 0.154. The molecule has 0 N–H and O–H groups in total. The summed E-state index contributed by atoms with van der Waals surface area (Å²) in [4.78, 5) is 11.9. The molecule has 16 heavy (non-hydrogen) atoms. The van der Waals surface area contributed by atoms with Crippen molar-refractivity contribution in [3.8, 4) is 0 Å². The second-order valence-electron chi connectivity index (χ2n) is 3.68. The first-order chi connectivity index (χ1) is 7.62. The maximum Gasteiger partial charge on any atom is 0.197 e. The molecule has 1 aromatic carbocycles. The van der Waals surface area contributed by atoms with Gasteiger partial charge in [0.1, 0.15) is 4.87 Å². The summed E-state index contributed by atoms with van der Waals surface area (Å²) in [6.45, 7) is 1.74. The molecule has 0 radical (unpaired) electrons. The summed E-state index contributed by atoms with van der Waals surface area (Å²) in [6, 6.07) is 13.1. The molecule has 1 nitrogen and oxygen atoms in total. The molecule has 0 aliphatic rings. The summed E-state index contributed by atoms with van der Waals surface area (Å²) < 4.78 is 0. The van der Waals surface area contributed by atoms with Crippen molar-refractivity contribution in [2.45, 2.75) is 11.8 Å². The van der Waals surface area contributed by atoms with E-state index in [4.69, 9.17) is 11.6 Å². The summed E-state index contributed by atoms with van der Waals surface area (Å²) in [5.74, 6) is -0.0460. The zero-order valence-electron chi connectivity index (χ0n) is 8.81. The zero-order chi connectivity index (χ0) is 11.6. The van der Waals surface area contributed by atoms with Crippen LogP contribution in [0.2, 0.25) is 0 Å². The Labute approximate surface area is 104 Å². The van der Waals surface area contributed by atoms with Crippen LogP contribution in [0.4, 0.5) is 0 Å². The molecule has 2 aromatic rings. The van der Waals surface area contributed by atoms with Crippen LogP contribution in [0.1, 0.15) is 22.2 Å². The Bertz CT molecular complexity index is 474. The van der Waals surface area contributed by atoms with E-state index < -0.39 is 4.87 Å². The van der Waals surface area contributed by atoms with Crippen molar-refractivity contribution in [2.75, 3.05) is 0 Å². The number of hydrogen-bond acceptors (Lipinski definition) is 2. The van der Waals surface area contributed by atoms with Crippen molar-refractivity contribution >= 4 is 28.7 Å². The average Bonchev–Trinajstić information content (AvgIpc) is 2.82. The van der Waals surface area contributed by atoms with E-state index in [0.717, 1.165) is 5.56 Å². The number of carbonyl (C=O) groups excluding carboxylic acids is 1. The van der Waals surface area contributed by atoms with Crippen LogP contribution in [-0.2, 0) is 4.87 Å². The molecule has 0 fully saturated rings. The molecule has 1 aromatic heterocycles.